The Balaban J connectivity index is 2.41. The number of methoxy groups -OCH3 is 1. The van der Waals surface area contributed by atoms with Gasteiger partial charge >= 0.3 is 11.9 Å². The molecule has 1 heterocycles. The van der Waals surface area contributed by atoms with Crippen molar-refractivity contribution >= 4 is 27.9 Å². The Morgan fingerprint density at radius 3 is 2.64 bits per heavy atom. The molecule has 0 amide bonds. The Labute approximate surface area is 153 Å². The van der Waals surface area contributed by atoms with Crippen LogP contribution in [-0.2, 0) is 20.7 Å². The highest BCUT2D eigenvalue weighted by atomic mass is 79.9. The molecule has 0 saturated carbocycles. The van der Waals surface area contributed by atoms with Crippen LogP contribution in [0.5, 0.6) is 0 Å². The van der Waals surface area contributed by atoms with Gasteiger partial charge in [-0.05, 0) is 30.2 Å². The van der Waals surface area contributed by atoms with Gasteiger partial charge in [-0.3, -0.25) is 4.79 Å². The van der Waals surface area contributed by atoms with Crippen LogP contribution in [0.25, 0.3) is 0 Å². The van der Waals surface area contributed by atoms with Gasteiger partial charge in [-0.15, -0.1) is 0 Å². The Hall–Kier alpha value is -2.12. The third kappa shape index (κ3) is 2.33. The average Bonchev–Trinajstić information content (AvgIpc) is 2.52. The summed E-state index contributed by atoms with van der Waals surface area (Å²) in [5.74, 6) is -3.20. The minimum atomic E-state index is -1.59. The molecule has 132 valence electrons. The van der Waals surface area contributed by atoms with Gasteiger partial charge in [-0.2, -0.15) is 0 Å². The smallest absolute Gasteiger partial charge is 0.334 e. The molecular formula is C18H18BrNO5. The predicted octanol–water partition coefficient (Wildman–Crippen LogP) is 2.65. The standard InChI is InChI=1S/C18H18BrNO5/c1-8-14(16(21)22)15-12-5-4-11(19)6-10(12)7-13(25-3)18(15,17(23)24)9(2)20-8/h4-6,13,15,20H,2,7H2,1,3H3,(H,21,22)(H,23,24). The number of fused-ring (bicyclic) bond motifs is 3. The van der Waals surface area contributed by atoms with Crippen molar-refractivity contribution in [2.45, 2.75) is 25.4 Å². The van der Waals surface area contributed by atoms with Crippen LogP contribution in [0.1, 0.15) is 24.0 Å². The number of carboxylic acid groups (broad SMARTS) is 2. The van der Waals surface area contributed by atoms with Crippen LogP contribution in [0.15, 0.2) is 46.2 Å². The number of benzene rings is 1. The van der Waals surface area contributed by atoms with E-state index in [-0.39, 0.29) is 11.3 Å². The molecule has 0 aromatic heterocycles. The zero-order valence-electron chi connectivity index (χ0n) is 13.8. The number of aliphatic carboxylic acids is 2. The Morgan fingerprint density at radius 1 is 1.40 bits per heavy atom. The minimum Gasteiger partial charge on any atom is -0.480 e. The molecule has 6 nitrogen and oxygen atoms in total. The van der Waals surface area contributed by atoms with E-state index in [4.69, 9.17) is 4.74 Å². The van der Waals surface area contributed by atoms with Crippen LogP contribution in [0.3, 0.4) is 0 Å². The van der Waals surface area contributed by atoms with Crippen LogP contribution >= 0.6 is 15.9 Å². The number of allylic oxidation sites excluding steroid dienone is 1. The van der Waals surface area contributed by atoms with Gasteiger partial charge in [0.05, 0.1) is 11.7 Å². The first-order chi connectivity index (χ1) is 11.7. The Morgan fingerprint density at radius 2 is 2.08 bits per heavy atom. The van der Waals surface area contributed by atoms with Crippen molar-refractivity contribution in [2.75, 3.05) is 7.11 Å². The molecule has 0 saturated heterocycles. The molecule has 2 aliphatic rings. The van der Waals surface area contributed by atoms with E-state index in [9.17, 15) is 19.8 Å². The summed E-state index contributed by atoms with van der Waals surface area (Å²) in [6.45, 7) is 5.54. The molecule has 3 rings (SSSR count). The van der Waals surface area contributed by atoms with E-state index in [1.807, 2.05) is 6.07 Å². The molecular weight excluding hydrogens is 390 g/mol. The SMILES string of the molecule is C=C1NC(C)=C(C(=O)O)C2c3ccc(Br)cc3CC(OC)C12C(=O)O. The topological polar surface area (TPSA) is 95.9 Å². The normalized spacial score (nSPS) is 28.0. The summed E-state index contributed by atoms with van der Waals surface area (Å²) < 4.78 is 6.39. The summed E-state index contributed by atoms with van der Waals surface area (Å²) in [5, 5.41) is 22.8. The highest BCUT2D eigenvalue weighted by Crippen LogP contribution is 2.56. The van der Waals surface area contributed by atoms with E-state index < -0.39 is 29.4 Å². The number of hydrogen-bond acceptors (Lipinski definition) is 4. The predicted molar refractivity (Wildman–Crippen MR) is 94.1 cm³/mol. The number of carboxylic acids is 2. The molecule has 0 spiro atoms. The van der Waals surface area contributed by atoms with Crippen molar-refractivity contribution in [2.24, 2.45) is 5.41 Å². The average molecular weight is 408 g/mol. The zero-order valence-corrected chi connectivity index (χ0v) is 15.4. The van der Waals surface area contributed by atoms with Crippen LogP contribution in [-0.4, -0.2) is 35.4 Å². The Bertz CT molecular complexity index is 831. The van der Waals surface area contributed by atoms with Crippen molar-refractivity contribution < 1.29 is 24.5 Å². The van der Waals surface area contributed by atoms with E-state index in [0.29, 0.717) is 17.7 Å². The summed E-state index contributed by atoms with van der Waals surface area (Å²) in [6.07, 6.45) is -0.403. The number of nitrogens with one attached hydrogen (secondary N) is 1. The fraction of sp³-hybridized carbons (Fsp3) is 0.333. The van der Waals surface area contributed by atoms with Crippen molar-refractivity contribution in [1.82, 2.24) is 5.32 Å². The molecule has 25 heavy (non-hydrogen) atoms. The molecule has 3 N–H and O–H groups in total. The number of carbonyl (C=O) groups is 2. The van der Waals surface area contributed by atoms with E-state index in [1.54, 1.807) is 19.1 Å². The highest BCUT2D eigenvalue weighted by molar-refractivity contribution is 9.10. The summed E-state index contributed by atoms with van der Waals surface area (Å²) in [5.41, 5.74) is 0.615. The Kier molecular flexibility index (Phi) is 4.25. The van der Waals surface area contributed by atoms with Crippen molar-refractivity contribution in [3.8, 4) is 0 Å². The molecule has 3 unspecified atom stereocenters. The molecule has 1 aromatic carbocycles. The van der Waals surface area contributed by atoms with Crippen molar-refractivity contribution in [3.63, 3.8) is 0 Å². The second-order valence-corrected chi connectivity index (χ2v) is 7.24. The van der Waals surface area contributed by atoms with Gasteiger partial charge in [0.25, 0.3) is 0 Å². The monoisotopic (exact) mass is 407 g/mol. The van der Waals surface area contributed by atoms with Crippen LogP contribution in [0.4, 0.5) is 0 Å². The number of hydrogen-bond donors (Lipinski definition) is 3. The largest absolute Gasteiger partial charge is 0.480 e. The zero-order chi connectivity index (χ0) is 18.5. The van der Waals surface area contributed by atoms with Gasteiger partial charge in [-0.1, -0.05) is 28.6 Å². The van der Waals surface area contributed by atoms with Gasteiger partial charge in [0.15, 0.2) is 0 Å². The maximum atomic E-state index is 12.4. The lowest BCUT2D eigenvalue weighted by atomic mass is 9.56. The van der Waals surface area contributed by atoms with E-state index in [0.717, 1.165) is 10.0 Å². The second-order valence-electron chi connectivity index (χ2n) is 6.33. The molecule has 3 atom stereocenters. The lowest BCUT2D eigenvalue weighted by Crippen LogP contribution is -2.58. The van der Waals surface area contributed by atoms with Crippen LogP contribution in [0, 0.1) is 5.41 Å². The molecule has 0 fully saturated rings. The second kappa shape index (κ2) is 6.00. The number of rotatable bonds is 3. The highest BCUT2D eigenvalue weighted by Gasteiger charge is 2.62. The summed E-state index contributed by atoms with van der Waals surface area (Å²) >= 11 is 3.42. The molecule has 1 aromatic rings. The van der Waals surface area contributed by atoms with Gasteiger partial charge in [0, 0.05) is 35.3 Å². The molecule has 7 heteroatoms. The minimum absolute atomic E-state index is 0.0279. The summed E-state index contributed by atoms with van der Waals surface area (Å²) in [6, 6.07) is 5.45. The number of halogens is 1. The first-order valence-electron chi connectivity index (χ1n) is 7.70. The van der Waals surface area contributed by atoms with E-state index >= 15 is 0 Å². The maximum absolute atomic E-state index is 12.4. The maximum Gasteiger partial charge on any atom is 0.334 e. The van der Waals surface area contributed by atoms with E-state index in [1.165, 1.54) is 7.11 Å². The molecule has 1 aliphatic heterocycles. The summed E-state index contributed by atoms with van der Waals surface area (Å²) in [7, 11) is 1.44. The summed E-state index contributed by atoms with van der Waals surface area (Å²) in [4.78, 5) is 24.4. The third-order valence-electron chi connectivity index (χ3n) is 5.18. The van der Waals surface area contributed by atoms with Gasteiger partial charge in [0.1, 0.15) is 5.41 Å². The first kappa shape index (κ1) is 17.7. The van der Waals surface area contributed by atoms with Crippen LogP contribution < -0.4 is 5.32 Å². The van der Waals surface area contributed by atoms with Crippen molar-refractivity contribution in [3.05, 3.63) is 57.3 Å². The van der Waals surface area contributed by atoms with Gasteiger partial charge in [0.2, 0.25) is 0 Å². The van der Waals surface area contributed by atoms with E-state index in [2.05, 4.69) is 27.8 Å². The third-order valence-corrected chi connectivity index (χ3v) is 5.68. The lowest BCUT2D eigenvalue weighted by molar-refractivity contribution is -0.158. The first-order valence-corrected chi connectivity index (χ1v) is 8.49. The quantitative estimate of drug-likeness (QED) is 0.712. The lowest BCUT2D eigenvalue weighted by Gasteiger charge is -2.50. The molecule has 0 bridgehead atoms. The van der Waals surface area contributed by atoms with Crippen molar-refractivity contribution in [1.29, 1.82) is 0 Å². The van der Waals surface area contributed by atoms with Gasteiger partial charge in [-0.25, -0.2) is 4.79 Å². The molecule has 1 aliphatic carbocycles. The fourth-order valence-electron chi connectivity index (χ4n) is 4.13. The molecule has 0 radical (unpaired) electrons. The number of ether oxygens (including phenoxy) is 1. The van der Waals surface area contributed by atoms with Crippen LogP contribution in [0.2, 0.25) is 0 Å². The fourth-order valence-corrected chi connectivity index (χ4v) is 4.54. The van der Waals surface area contributed by atoms with Gasteiger partial charge < -0.3 is 20.3 Å².